The van der Waals surface area contributed by atoms with E-state index in [-0.39, 0.29) is 11.7 Å². The van der Waals surface area contributed by atoms with Crippen molar-refractivity contribution in [1.82, 2.24) is 0 Å². The van der Waals surface area contributed by atoms with E-state index in [9.17, 15) is 13.9 Å². The lowest BCUT2D eigenvalue weighted by molar-refractivity contribution is -0.0499. The summed E-state index contributed by atoms with van der Waals surface area (Å²) in [6.07, 6.45) is 2.44. The average molecular weight is 257 g/mol. The Kier molecular flexibility index (Phi) is 4.14. The van der Waals surface area contributed by atoms with Crippen LogP contribution in [0.15, 0.2) is 24.3 Å². The van der Waals surface area contributed by atoms with Crippen LogP contribution in [0.4, 0.5) is 8.78 Å². The van der Waals surface area contributed by atoms with Gasteiger partial charge in [-0.1, -0.05) is 18.6 Å². The monoisotopic (exact) mass is 257 g/mol. The zero-order valence-electron chi connectivity index (χ0n) is 9.93. The molecule has 0 unspecified atom stereocenters. The van der Waals surface area contributed by atoms with Gasteiger partial charge in [0.25, 0.3) is 0 Å². The highest BCUT2D eigenvalue weighted by Gasteiger charge is 2.30. The first-order valence-electron chi connectivity index (χ1n) is 6.06. The van der Waals surface area contributed by atoms with Gasteiger partial charge in [-0.05, 0) is 36.5 Å². The number of benzene rings is 1. The van der Waals surface area contributed by atoms with Gasteiger partial charge in [-0.2, -0.15) is 8.78 Å². The van der Waals surface area contributed by atoms with E-state index in [0.717, 1.165) is 19.3 Å². The third kappa shape index (κ3) is 2.97. The smallest absolute Gasteiger partial charge is 0.387 e. The van der Waals surface area contributed by atoms with E-state index in [4.69, 9.17) is 5.73 Å². The molecule has 0 spiro atoms. The summed E-state index contributed by atoms with van der Waals surface area (Å²) in [5.74, 6) is 0.290. The molecule has 1 aromatic carbocycles. The van der Waals surface area contributed by atoms with Crippen LogP contribution in [-0.4, -0.2) is 17.8 Å². The molecule has 0 aromatic heterocycles. The Balaban J connectivity index is 2.06. The molecule has 2 atom stereocenters. The number of hydrogen-bond acceptors (Lipinski definition) is 3. The van der Waals surface area contributed by atoms with Crippen LogP contribution in [0.3, 0.4) is 0 Å². The van der Waals surface area contributed by atoms with Crippen molar-refractivity contribution >= 4 is 0 Å². The topological polar surface area (TPSA) is 55.5 Å². The van der Waals surface area contributed by atoms with E-state index >= 15 is 0 Å². The fourth-order valence-corrected chi connectivity index (χ4v) is 2.17. The lowest BCUT2D eigenvalue weighted by Gasteiger charge is -2.33. The number of halogens is 2. The van der Waals surface area contributed by atoms with E-state index in [1.165, 1.54) is 12.1 Å². The van der Waals surface area contributed by atoms with Gasteiger partial charge in [0.05, 0.1) is 12.1 Å². The van der Waals surface area contributed by atoms with E-state index in [1.807, 2.05) is 0 Å². The zero-order chi connectivity index (χ0) is 13.1. The molecule has 18 heavy (non-hydrogen) atoms. The molecule has 0 saturated heterocycles. The third-order valence-corrected chi connectivity index (χ3v) is 3.47. The van der Waals surface area contributed by atoms with Crippen molar-refractivity contribution in [1.29, 1.82) is 0 Å². The molecule has 0 aliphatic heterocycles. The van der Waals surface area contributed by atoms with Crippen LogP contribution < -0.4 is 10.5 Å². The van der Waals surface area contributed by atoms with Gasteiger partial charge < -0.3 is 15.6 Å². The van der Waals surface area contributed by atoms with Crippen LogP contribution in [0.2, 0.25) is 0 Å². The van der Waals surface area contributed by atoms with Gasteiger partial charge >= 0.3 is 6.61 Å². The summed E-state index contributed by atoms with van der Waals surface area (Å²) >= 11 is 0. The van der Waals surface area contributed by atoms with E-state index in [1.54, 1.807) is 12.1 Å². The molecule has 3 nitrogen and oxygen atoms in total. The summed E-state index contributed by atoms with van der Waals surface area (Å²) in [6, 6.07) is 5.65. The lowest BCUT2D eigenvalue weighted by Crippen LogP contribution is -2.36. The van der Waals surface area contributed by atoms with Crippen molar-refractivity contribution in [2.24, 2.45) is 11.7 Å². The summed E-state index contributed by atoms with van der Waals surface area (Å²) in [5, 5.41) is 10.0. The van der Waals surface area contributed by atoms with Gasteiger partial charge in [-0.25, -0.2) is 0 Å². The predicted octanol–water partition coefficient (Wildman–Crippen LogP) is 2.45. The summed E-state index contributed by atoms with van der Waals surface area (Å²) in [6.45, 7) is -2.85. The fourth-order valence-electron chi connectivity index (χ4n) is 2.17. The minimum absolute atomic E-state index is 0.0683. The maximum atomic E-state index is 12.1. The second-order valence-electron chi connectivity index (χ2n) is 4.66. The molecule has 0 radical (unpaired) electrons. The summed E-state index contributed by atoms with van der Waals surface area (Å²) in [5.41, 5.74) is 6.57. The van der Waals surface area contributed by atoms with Crippen LogP contribution in [0.25, 0.3) is 0 Å². The number of rotatable bonds is 5. The molecule has 2 rings (SSSR count). The second-order valence-corrected chi connectivity index (χ2v) is 4.66. The Morgan fingerprint density at radius 1 is 1.33 bits per heavy atom. The molecule has 5 heteroatoms. The van der Waals surface area contributed by atoms with Crippen LogP contribution in [0.1, 0.15) is 30.9 Å². The van der Waals surface area contributed by atoms with E-state index < -0.39 is 18.8 Å². The van der Waals surface area contributed by atoms with Gasteiger partial charge in [0, 0.05) is 0 Å². The van der Waals surface area contributed by atoms with Crippen molar-refractivity contribution in [3.8, 4) is 5.75 Å². The highest BCUT2D eigenvalue weighted by molar-refractivity contribution is 5.31. The lowest BCUT2D eigenvalue weighted by atomic mass is 9.77. The van der Waals surface area contributed by atoms with Gasteiger partial charge in [0.1, 0.15) is 5.75 Å². The van der Waals surface area contributed by atoms with Crippen molar-refractivity contribution in [3.63, 3.8) is 0 Å². The first-order valence-corrected chi connectivity index (χ1v) is 6.06. The van der Waals surface area contributed by atoms with E-state index in [2.05, 4.69) is 4.74 Å². The predicted molar refractivity (Wildman–Crippen MR) is 63.4 cm³/mol. The maximum Gasteiger partial charge on any atom is 0.387 e. The number of aliphatic hydroxyl groups excluding tert-OH is 1. The number of ether oxygens (including phenoxy) is 1. The summed E-state index contributed by atoms with van der Waals surface area (Å²) in [4.78, 5) is 0. The summed E-state index contributed by atoms with van der Waals surface area (Å²) in [7, 11) is 0. The normalized spacial score (nSPS) is 19.4. The van der Waals surface area contributed by atoms with Crippen molar-refractivity contribution in [2.75, 3.05) is 0 Å². The Bertz CT molecular complexity index is 396. The quantitative estimate of drug-likeness (QED) is 0.851. The van der Waals surface area contributed by atoms with Gasteiger partial charge in [-0.3, -0.25) is 0 Å². The molecule has 1 saturated carbocycles. The second kappa shape index (κ2) is 5.63. The van der Waals surface area contributed by atoms with Crippen LogP contribution >= 0.6 is 0 Å². The first-order chi connectivity index (χ1) is 8.58. The number of hydrogen-bond donors (Lipinski definition) is 2. The molecule has 0 heterocycles. The molecule has 0 bridgehead atoms. The molecule has 3 N–H and O–H groups in total. The Morgan fingerprint density at radius 2 is 2.06 bits per heavy atom. The number of aliphatic hydroxyl groups is 1. The molecular formula is C13H17F2NO2. The largest absolute Gasteiger partial charge is 0.435 e. The highest BCUT2D eigenvalue weighted by Crippen LogP contribution is 2.34. The SMILES string of the molecule is N[C@H](c1cccc(OC(F)F)c1)[C@@H](O)C1CCC1. The molecule has 1 aliphatic rings. The molecule has 0 amide bonds. The molecule has 1 aliphatic carbocycles. The molecule has 100 valence electrons. The van der Waals surface area contributed by atoms with E-state index in [0.29, 0.717) is 5.56 Å². The van der Waals surface area contributed by atoms with Gasteiger partial charge in [-0.15, -0.1) is 0 Å². The Morgan fingerprint density at radius 3 is 2.61 bits per heavy atom. The molecule has 1 fully saturated rings. The minimum atomic E-state index is -2.85. The number of alkyl halides is 2. The van der Waals surface area contributed by atoms with Crippen molar-refractivity contribution < 1.29 is 18.6 Å². The van der Waals surface area contributed by atoms with Crippen LogP contribution in [0, 0.1) is 5.92 Å². The molecule has 1 aromatic rings. The fraction of sp³-hybridized carbons (Fsp3) is 0.538. The maximum absolute atomic E-state index is 12.1. The first kappa shape index (κ1) is 13.2. The minimum Gasteiger partial charge on any atom is -0.435 e. The van der Waals surface area contributed by atoms with Gasteiger partial charge in [0.2, 0.25) is 0 Å². The van der Waals surface area contributed by atoms with Crippen molar-refractivity contribution in [3.05, 3.63) is 29.8 Å². The Labute approximate surface area is 105 Å². The molecular weight excluding hydrogens is 240 g/mol. The number of nitrogens with two attached hydrogens (primary N) is 1. The van der Waals surface area contributed by atoms with Crippen LogP contribution in [0.5, 0.6) is 5.75 Å². The van der Waals surface area contributed by atoms with Crippen LogP contribution in [-0.2, 0) is 0 Å². The summed E-state index contributed by atoms with van der Waals surface area (Å²) < 4.78 is 28.5. The van der Waals surface area contributed by atoms with Crippen molar-refractivity contribution in [2.45, 2.75) is 38.0 Å². The standard InChI is InChI=1S/C13H17F2NO2/c14-13(15)18-10-6-2-5-9(7-10)11(16)12(17)8-3-1-4-8/h2,5-8,11-13,17H,1,3-4,16H2/t11-,12+/m1/s1. The highest BCUT2D eigenvalue weighted by atomic mass is 19.3. The zero-order valence-corrected chi connectivity index (χ0v) is 9.93. The third-order valence-electron chi connectivity index (χ3n) is 3.47. The van der Waals surface area contributed by atoms with Gasteiger partial charge in [0.15, 0.2) is 0 Å². The Hall–Kier alpha value is -1.20. The average Bonchev–Trinajstić information content (AvgIpc) is 2.25.